The van der Waals surface area contributed by atoms with Gasteiger partial charge in [-0.1, -0.05) is 59.2 Å². The predicted octanol–water partition coefficient (Wildman–Crippen LogP) is 3.83. The summed E-state index contributed by atoms with van der Waals surface area (Å²) in [5, 5.41) is 1.73. The van der Waals surface area contributed by atoms with Crippen molar-refractivity contribution in [1.82, 2.24) is 4.90 Å². The van der Waals surface area contributed by atoms with Crippen LogP contribution in [-0.4, -0.2) is 47.2 Å². The molecule has 2 saturated heterocycles. The normalized spacial score (nSPS) is 24.1. The molecule has 2 aliphatic rings. The minimum absolute atomic E-state index is 0.0860. The molecular weight excluding hydrogens is 451 g/mol. The van der Waals surface area contributed by atoms with Crippen LogP contribution in [0.4, 0.5) is 0 Å². The minimum Gasteiger partial charge on any atom is -0.342 e. The fourth-order valence-corrected chi connectivity index (χ4v) is 7.75. The van der Waals surface area contributed by atoms with Crippen LogP contribution in [0.1, 0.15) is 11.1 Å². The molecule has 0 N–H and O–H groups in total. The van der Waals surface area contributed by atoms with Gasteiger partial charge in [-0.05, 0) is 35.4 Å². The quantitative estimate of drug-likeness (QED) is 0.681. The van der Waals surface area contributed by atoms with Gasteiger partial charge in [0.2, 0.25) is 0 Å². The maximum Gasteiger partial charge on any atom is 0.252 e. The molecule has 0 bridgehead atoms. The van der Waals surface area contributed by atoms with Crippen molar-refractivity contribution in [2.45, 2.75) is 24.3 Å². The van der Waals surface area contributed by atoms with Crippen LogP contribution < -0.4 is 0 Å². The van der Waals surface area contributed by atoms with Crippen molar-refractivity contribution in [1.29, 1.82) is 0 Å². The van der Waals surface area contributed by atoms with E-state index in [0.717, 1.165) is 11.1 Å². The molecule has 2 atom stereocenters. The van der Waals surface area contributed by atoms with E-state index in [1.807, 2.05) is 17.0 Å². The second-order valence-electron chi connectivity index (χ2n) is 7.15. The number of carbonyl (C=O) groups excluding carboxylic acids is 1. The van der Waals surface area contributed by atoms with Gasteiger partial charge in [-0.3, -0.25) is 4.79 Å². The molecule has 0 unspecified atom stereocenters. The predicted molar refractivity (Wildman–Crippen MR) is 118 cm³/mol. The lowest BCUT2D eigenvalue weighted by Gasteiger charge is -2.24. The van der Waals surface area contributed by atoms with E-state index in [-0.39, 0.29) is 35.1 Å². The third kappa shape index (κ3) is 4.97. The number of rotatable bonds is 4. The third-order valence-electron chi connectivity index (χ3n) is 4.93. The fourth-order valence-electron chi connectivity index (χ4n) is 3.53. The van der Waals surface area contributed by atoms with Crippen LogP contribution >= 0.6 is 35.0 Å². The molecule has 5 nitrogen and oxygen atoms in total. The molecule has 2 aliphatic heterocycles. The summed E-state index contributed by atoms with van der Waals surface area (Å²) in [6.45, 7) is 0.480. The summed E-state index contributed by atoms with van der Waals surface area (Å²) in [4.78, 5) is 18.8. The Bertz CT molecular complexity index is 1050. The summed E-state index contributed by atoms with van der Waals surface area (Å²) in [5.74, 6) is -0.0641. The van der Waals surface area contributed by atoms with Gasteiger partial charge >= 0.3 is 0 Å². The molecule has 0 saturated carbocycles. The first-order chi connectivity index (χ1) is 13.8. The number of thioether (sulfide) groups is 1. The van der Waals surface area contributed by atoms with Gasteiger partial charge in [-0.2, -0.15) is 4.99 Å². The second-order valence-corrected chi connectivity index (χ2v) is 11.4. The first kappa shape index (κ1) is 20.7. The van der Waals surface area contributed by atoms with Crippen molar-refractivity contribution in [2.24, 2.45) is 4.99 Å². The van der Waals surface area contributed by atoms with E-state index in [0.29, 0.717) is 21.8 Å². The van der Waals surface area contributed by atoms with E-state index < -0.39 is 9.84 Å². The Morgan fingerprint density at radius 2 is 1.59 bits per heavy atom. The van der Waals surface area contributed by atoms with E-state index in [2.05, 4.69) is 4.99 Å². The Balaban J connectivity index is 1.56. The summed E-state index contributed by atoms with van der Waals surface area (Å²) in [6.07, 6.45) is 0.170. The van der Waals surface area contributed by atoms with Gasteiger partial charge < -0.3 is 4.90 Å². The zero-order valence-corrected chi connectivity index (χ0v) is 18.4. The van der Waals surface area contributed by atoms with Crippen molar-refractivity contribution in [3.8, 4) is 0 Å². The molecular formula is C20H18Cl2N2O3S2. The molecule has 0 aliphatic carbocycles. The van der Waals surface area contributed by atoms with E-state index in [9.17, 15) is 13.2 Å². The summed E-state index contributed by atoms with van der Waals surface area (Å²) in [7, 11) is -3.08. The number of hydrogen-bond acceptors (Lipinski definition) is 4. The fraction of sp³-hybridized carbons (Fsp3) is 0.300. The zero-order chi connectivity index (χ0) is 20.6. The van der Waals surface area contributed by atoms with Crippen LogP contribution in [0.15, 0.2) is 53.5 Å². The number of nitrogens with zero attached hydrogens (tertiary/aromatic N) is 2. The van der Waals surface area contributed by atoms with Gasteiger partial charge in [0.25, 0.3) is 5.91 Å². The van der Waals surface area contributed by atoms with E-state index in [1.54, 1.807) is 36.4 Å². The van der Waals surface area contributed by atoms with E-state index in [1.165, 1.54) is 11.8 Å². The SMILES string of the molecule is O=C(Cc1ccc(Cl)cc1)N=C1S[C@H]2CS(=O)(=O)C[C@@H]2N1Cc1ccc(Cl)cc1. The Morgan fingerprint density at radius 1 is 1.00 bits per heavy atom. The molecule has 2 aromatic carbocycles. The Kier molecular flexibility index (Phi) is 5.93. The number of fused-ring (bicyclic) bond motifs is 1. The van der Waals surface area contributed by atoms with Gasteiger partial charge in [0.15, 0.2) is 15.0 Å². The number of sulfone groups is 1. The molecule has 152 valence electrons. The molecule has 9 heteroatoms. The highest BCUT2D eigenvalue weighted by molar-refractivity contribution is 8.15. The maximum absolute atomic E-state index is 12.5. The van der Waals surface area contributed by atoms with Crippen molar-refractivity contribution in [2.75, 3.05) is 11.5 Å². The van der Waals surface area contributed by atoms with Gasteiger partial charge in [-0.15, -0.1) is 0 Å². The smallest absolute Gasteiger partial charge is 0.252 e. The lowest BCUT2D eigenvalue weighted by Crippen LogP contribution is -2.37. The zero-order valence-electron chi connectivity index (χ0n) is 15.3. The minimum atomic E-state index is -3.08. The van der Waals surface area contributed by atoms with Crippen LogP contribution in [0.5, 0.6) is 0 Å². The van der Waals surface area contributed by atoms with Crippen molar-refractivity contribution in [3.05, 3.63) is 69.7 Å². The molecule has 29 heavy (non-hydrogen) atoms. The molecule has 0 aromatic heterocycles. The summed E-state index contributed by atoms with van der Waals surface area (Å²) in [5.41, 5.74) is 1.82. The lowest BCUT2D eigenvalue weighted by molar-refractivity contribution is -0.117. The van der Waals surface area contributed by atoms with E-state index in [4.69, 9.17) is 23.2 Å². The topological polar surface area (TPSA) is 66.8 Å². The van der Waals surface area contributed by atoms with Crippen LogP contribution in [0, 0.1) is 0 Å². The largest absolute Gasteiger partial charge is 0.342 e. The molecule has 2 aromatic rings. The average Bonchev–Trinajstić information content (AvgIpc) is 3.11. The van der Waals surface area contributed by atoms with Crippen molar-refractivity contribution < 1.29 is 13.2 Å². The standard InChI is InChI=1S/C20H18Cl2N2O3S2/c21-15-5-1-13(2-6-15)9-19(25)23-20-24(10-14-3-7-16(22)8-4-14)17-11-29(26,27)12-18(17)28-20/h1-8,17-18H,9-12H2/t17-,18-/m0/s1. The molecule has 0 spiro atoms. The molecule has 4 rings (SSSR count). The summed E-state index contributed by atoms with van der Waals surface area (Å²) >= 11 is 13.2. The molecule has 1 amide bonds. The second kappa shape index (κ2) is 8.30. The first-order valence-corrected chi connectivity index (χ1v) is 12.5. The van der Waals surface area contributed by atoms with Crippen LogP contribution in [-0.2, 0) is 27.6 Å². The van der Waals surface area contributed by atoms with Crippen LogP contribution in [0.2, 0.25) is 10.0 Å². The number of amidine groups is 1. The maximum atomic E-state index is 12.5. The third-order valence-corrected chi connectivity index (χ3v) is 8.68. The van der Waals surface area contributed by atoms with Gasteiger partial charge in [0.05, 0.1) is 24.0 Å². The van der Waals surface area contributed by atoms with Crippen LogP contribution in [0.3, 0.4) is 0 Å². The Labute approximate surface area is 184 Å². The van der Waals surface area contributed by atoms with Gasteiger partial charge in [-0.25, -0.2) is 8.42 Å². The highest BCUT2D eigenvalue weighted by atomic mass is 35.5. The molecule has 0 radical (unpaired) electrons. The monoisotopic (exact) mass is 468 g/mol. The van der Waals surface area contributed by atoms with Gasteiger partial charge in [0, 0.05) is 21.8 Å². The van der Waals surface area contributed by atoms with Gasteiger partial charge in [0.1, 0.15) is 0 Å². The first-order valence-electron chi connectivity index (χ1n) is 9.03. The lowest BCUT2D eigenvalue weighted by atomic mass is 10.1. The number of aliphatic imine (C=N–C) groups is 1. The van der Waals surface area contributed by atoms with E-state index >= 15 is 0 Å². The number of halogens is 2. The average molecular weight is 469 g/mol. The Morgan fingerprint density at radius 3 is 2.21 bits per heavy atom. The Hall–Kier alpha value is -1.54. The number of hydrogen-bond donors (Lipinski definition) is 0. The highest BCUT2D eigenvalue weighted by Gasteiger charge is 2.48. The summed E-state index contributed by atoms with van der Waals surface area (Å²) in [6, 6.07) is 14.3. The van der Waals surface area contributed by atoms with Crippen molar-refractivity contribution >= 4 is 55.9 Å². The molecule has 2 heterocycles. The summed E-state index contributed by atoms with van der Waals surface area (Å²) < 4.78 is 24.2. The van der Waals surface area contributed by atoms with Crippen LogP contribution in [0.25, 0.3) is 0 Å². The highest BCUT2D eigenvalue weighted by Crippen LogP contribution is 2.39. The number of carbonyl (C=O) groups is 1. The number of amides is 1. The number of benzene rings is 2. The molecule has 2 fully saturated rings. The van der Waals surface area contributed by atoms with Crippen molar-refractivity contribution in [3.63, 3.8) is 0 Å².